The molecule has 0 bridgehead atoms. The van der Waals surface area contributed by atoms with Crippen molar-refractivity contribution in [2.24, 2.45) is 0 Å². The predicted molar refractivity (Wildman–Crippen MR) is 119 cm³/mol. The van der Waals surface area contributed by atoms with Crippen molar-refractivity contribution in [3.05, 3.63) is 83.4 Å². The minimum absolute atomic E-state index is 0.149. The molecule has 0 aliphatic rings. The number of carbonyl (C=O) groups excluding carboxylic acids is 1. The van der Waals surface area contributed by atoms with Gasteiger partial charge >= 0.3 is 0 Å². The van der Waals surface area contributed by atoms with E-state index >= 15 is 0 Å². The van der Waals surface area contributed by atoms with Gasteiger partial charge in [-0.05, 0) is 42.2 Å². The average molecular weight is 420 g/mol. The van der Waals surface area contributed by atoms with Crippen molar-refractivity contribution in [2.75, 3.05) is 13.4 Å². The molecule has 0 aliphatic carbocycles. The van der Waals surface area contributed by atoms with Crippen LogP contribution < -0.4 is 4.74 Å². The molecule has 4 aromatic rings. The Kier molecular flexibility index (Phi) is 5.42. The number of aromatic nitrogens is 1. The summed E-state index contributed by atoms with van der Waals surface area (Å²) in [5, 5.41) is 21.6. The number of carbonyl (C=O) groups is 1. The molecule has 152 valence electrons. The van der Waals surface area contributed by atoms with E-state index in [4.69, 9.17) is 4.74 Å². The van der Waals surface area contributed by atoms with Gasteiger partial charge in [0.05, 0.1) is 23.2 Å². The van der Waals surface area contributed by atoms with E-state index in [1.54, 1.807) is 31.4 Å². The second kappa shape index (κ2) is 8.16. The largest absolute Gasteiger partial charge is 0.504 e. The molecule has 3 aromatic carbocycles. The molecule has 0 fully saturated rings. The van der Waals surface area contributed by atoms with Crippen LogP contribution in [0.1, 0.15) is 21.5 Å². The fraction of sp³-hybridized carbons (Fsp3) is 0.125. The number of ketones is 1. The third kappa shape index (κ3) is 3.50. The van der Waals surface area contributed by atoms with Crippen LogP contribution >= 0.6 is 11.8 Å². The van der Waals surface area contributed by atoms with Crippen LogP contribution in [0.2, 0.25) is 0 Å². The summed E-state index contributed by atoms with van der Waals surface area (Å²) in [6.45, 7) is 0.535. The van der Waals surface area contributed by atoms with Crippen molar-refractivity contribution in [3.63, 3.8) is 0 Å². The summed E-state index contributed by atoms with van der Waals surface area (Å²) < 4.78 is 7.19. The highest BCUT2D eigenvalue weighted by Crippen LogP contribution is 2.39. The number of thioether (sulfide) groups is 1. The van der Waals surface area contributed by atoms with Gasteiger partial charge in [-0.15, -0.1) is 11.8 Å². The number of hydrogen-bond donors (Lipinski definition) is 2. The van der Waals surface area contributed by atoms with Crippen LogP contribution in [0.5, 0.6) is 17.2 Å². The van der Waals surface area contributed by atoms with Gasteiger partial charge in [0.1, 0.15) is 5.75 Å². The van der Waals surface area contributed by atoms with E-state index in [2.05, 4.69) is 0 Å². The van der Waals surface area contributed by atoms with Gasteiger partial charge < -0.3 is 19.5 Å². The molecule has 0 aliphatic heterocycles. The van der Waals surface area contributed by atoms with Gasteiger partial charge in [0, 0.05) is 23.6 Å². The molecule has 0 unspecified atom stereocenters. The van der Waals surface area contributed by atoms with Crippen LogP contribution in [0.3, 0.4) is 0 Å². The molecule has 0 saturated heterocycles. The topological polar surface area (TPSA) is 71.7 Å². The first-order chi connectivity index (χ1) is 14.5. The Labute approximate surface area is 178 Å². The number of phenols is 2. The normalized spacial score (nSPS) is 11.0. The van der Waals surface area contributed by atoms with Gasteiger partial charge in [0.2, 0.25) is 0 Å². The quantitative estimate of drug-likeness (QED) is 0.260. The van der Waals surface area contributed by atoms with E-state index in [-0.39, 0.29) is 17.3 Å². The molecule has 0 atom stereocenters. The average Bonchev–Trinajstić information content (AvgIpc) is 3.06. The Bertz CT molecular complexity index is 1210. The van der Waals surface area contributed by atoms with Crippen molar-refractivity contribution in [2.45, 2.75) is 11.6 Å². The molecule has 2 N–H and O–H groups in total. The number of nitrogens with zero attached hydrogens (tertiary/aromatic N) is 1. The summed E-state index contributed by atoms with van der Waals surface area (Å²) in [5.74, 6) is 0.0517. The molecule has 1 aromatic heterocycles. The molecule has 5 nitrogen and oxygen atoms in total. The van der Waals surface area contributed by atoms with Crippen molar-refractivity contribution >= 4 is 28.4 Å². The maximum atomic E-state index is 13.5. The summed E-state index contributed by atoms with van der Waals surface area (Å²) in [6, 6.07) is 19.8. The molecule has 0 amide bonds. The van der Waals surface area contributed by atoms with Crippen molar-refractivity contribution in [1.82, 2.24) is 4.57 Å². The van der Waals surface area contributed by atoms with Gasteiger partial charge in [-0.1, -0.05) is 30.3 Å². The number of phenolic OH excluding ortho intramolecular Hbond substituents is 2. The number of hydrogen-bond acceptors (Lipinski definition) is 5. The van der Waals surface area contributed by atoms with E-state index in [0.717, 1.165) is 10.6 Å². The number of aromatic hydroxyl groups is 2. The van der Waals surface area contributed by atoms with Crippen LogP contribution in [0.4, 0.5) is 0 Å². The summed E-state index contributed by atoms with van der Waals surface area (Å²) in [7, 11) is 1.58. The van der Waals surface area contributed by atoms with Crippen LogP contribution in [0.25, 0.3) is 10.9 Å². The predicted octanol–water partition coefficient (Wildman–Crippen LogP) is 5.06. The Morgan fingerprint density at radius 3 is 2.30 bits per heavy atom. The molecule has 4 rings (SSSR count). The second-order valence-corrected chi connectivity index (χ2v) is 7.67. The zero-order chi connectivity index (χ0) is 21.3. The first-order valence-electron chi connectivity index (χ1n) is 9.38. The summed E-state index contributed by atoms with van der Waals surface area (Å²) in [4.78, 5) is 13.5. The van der Waals surface area contributed by atoms with Crippen molar-refractivity contribution in [3.8, 4) is 17.2 Å². The van der Waals surface area contributed by atoms with Crippen LogP contribution in [-0.2, 0) is 6.54 Å². The first-order valence-corrected chi connectivity index (χ1v) is 10.6. The number of rotatable bonds is 6. The summed E-state index contributed by atoms with van der Waals surface area (Å²) in [5.41, 5.74) is 2.79. The van der Waals surface area contributed by atoms with E-state index < -0.39 is 0 Å². The van der Waals surface area contributed by atoms with Gasteiger partial charge in [-0.2, -0.15) is 0 Å². The number of ether oxygens (including phenoxy) is 1. The third-order valence-corrected chi connectivity index (χ3v) is 5.88. The number of fused-ring (bicyclic) bond motifs is 1. The highest BCUT2D eigenvalue weighted by Gasteiger charge is 2.25. The number of methoxy groups -OCH3 is 1. The lowest BCUT2D eigenvalue weighted by molar-refractivity contribution is 0.103. The Morgan fingerprint density at radius 1 is 1.00 bits per heavy atom. The Morgan fingerprint density at radius 2 is 1.67 bits per heavy atom. The maximum absolute atomic E-state index is 13.5. The summed E-state index contributed by atoms with van der Waals surface area (Å²) in [6.07, 6.45) is 1.92. The lowest BCUT2D eigenvalue weighted by Gasteiger charge is -2.11. The van der Waals surface area contributed by atoms with Crippen molar-refractivity contribution in [1.29, 1.82) is 0 Å². The fourth-order valence-corrected chi connectivity index (χ4v) is 4.38. The molecule has 30 heavy (non-hydrogen) atoms. The zero-order valence-electron chi connectivity index (χ0n) is 16.6. The first kappa shape index (κ1) is 19.9. The molecule has 1 heterocycles. The highest BCUT2D eigenvalue weighted by molar-refractivity contribution is 7.98. The Balaban J connectivity index is 1.93. The lowest BCUT2D eigenvalue weighted by atomic mass is 10.0. The molecule has 0 radical (unpaired) electrons. The van der Waals surface area contributed by atoms with Gasteiger partial charge in [0.15, 0.2) is 17.3 Å². The SMILES string of the molecule is COc1ccc(C(=O)c2c(SC)n(Cc3ccccc3)c3cc(O)c(O)cc23)cc1. The van der Waals surface area contributed by atoms with Crippen LogP contribution in [-0.4, -0.2) is 33.9 Å². The standard InChI is InChI=1S/C24H21NO4S/c1-29-17-10-8-16(9-11-17)23(28)22-18-12-20(26)21(27)13-19(18)25(24(22)30-2)14-15-6-4-3-5-7-15/h3-13,26-27H,14H2,1-2H3. The third-order valence-electron chi connectivity index (χ3n) is 5.07. The molecule has 0 saturated carbocycles. The second-order valence-electron chi connectivity index (χ2n) is 6.87. The highest BCUT2D eigenvalue weighted by atomic mass is 32.2. The maximum Gasteiger partial charge on any atom is 0.196 e. The van der Waals surface area contributed by atoms with E-state index in [1.165, 1.54) is 23.9 Å². The lowest BCUT2D eigenvalue weighted by Crippen LogP contribution is -2.05. The fourth-order valence-electron chi connectivity index (χ4n) is 3.59. The van der Waals surface area contributed by atoms with E-state index in [9.17, 15) is 15.0 Å². The van der Waals surface area contributed by atoms with Gasteiger partial charge in [-0.3, -0.25) is 4.79 Å². The van der Waals surface area contributed by atoms with E-state index in [0.29, 0.717) is 34.3 Å². The summed E-state index contributed by atoms with van der Waals surface area (Å²) >= 11 is 1.46. The van der Waals surface area contributed by atoms with E-state index in [1.807, 2.05) is 41.2 Å². The van der Waals surface area contributed by atoms with Crippen LogP contribution in [0, 0.1) is 0 Å². The van der Waals surface area contributed by atoms with Gasteiger partial charge in [-0.25, -0.2) is 0 Å². The molecule has 0 spiro atoms. The molecular weight excluding hydrogens is 398 g/mol. The zero-order valence-corrected chi connectivity index (χ0v) is 17.4. The minimum atomic E-state index is -0.254. The van der Waals surface area contributed by atoms with Gasteiger partial charge in [0.25, 0.3) is 0 Å². The number of benzene rings is 3. The minimum Gasteiger partial charge on any atom is -0.504 e. The van der Waals surface area contributed by atoms with Crippen LogP contribution in [0.15, 0.2) is 71.8 Å². The van der Waals surface area contributed by atoms with Crippen molar-refractivity contribution < 1.29 is 19.7 Å². The molecular formula is C24H21NO4S. The monoisotopic (exact) mass is 419 g/mol. The molecule has 6 heteroatoms. The Hall–Kier alpha value is -3.38. The smallest absolute Gasteiger partial charge is 0.196 e.